The van der Waals surface area contributed by atoms with Crippen molar-refractivity contribution in [2.45, 2.75) is 19.3 Å². The van der Waals surface area contributed by atoms with Gasteiger partial charge in [-0.2, -0.15) is 0 Å². The Bertz CT molecular complexity index is 887. The number of fused-ring (bicyclic) bond motifs is 3. The van der Waals surface area contributed by atoms with Crippen LogP contribution in [0.5, 0.6) is 0 Å². The molecule has 1 aliphatic rings. The predicted molar refractivity (Wildman–Crippen MR) is 90.5 cm³/mol. The Labute approximate surface area is 145 Å². The van der Waals surface area contributed by atoms with Crippen LogP contribution in [0.25, 0.3) is 16.6 Å². The molecule has 3 nitrogen and oxygen atoms in total. The molecule has 4 rings (SSSR count). The molecule has 0 bridgehead atoms. The second kappa shape index (κ2) is 7.31. The molecule has 0 radical (unpaired) electrons. The van der Waals surface area contributed by atoms with Crippen molar-refractivity contribution in [1.29, 1.82) is 0 Å². The van der Waals surface area contributed by atoms with E-state index in [1.165, 1.54) is 28.8 Å². The van der Waals surface area contributed by atoms with E-state index < -0.39 is 7.25 Å². The maximum absolute atomic E-state index is 9.75. The molecule has 2 heterocycles. The monoisotopic (exact) mass is 367 g/mol. The second-order valence-electron chi connectivity index (χ2n) is 5.49. The standard InChI is InChI=1S/C16H14N3S.BF4/c1-2-5-12(6-3-1)9-13-7-4-8-14-10-17-16-19(15(13)14)18-11-20-16;2-1(3,4)5/h1-3,5-6,9-11H,4,7-8H2;/q+1;-1/b13-9-;. The number of hydrogen-bond donors (Lipinski definition) is 0. The summed E-state index contributed by atoms with van der Waals surface area (Å²) >= 11 is 1.58. The Morgan fingerprint density at radius 2 is 1.80 bits per heavy atom. The highest BCUT2D eigenvalue weighted by Gasteiger charge is 2.25. The van der Waals surface area contributed by atoms with Gasteiger partial charge in [0.2, 0.25) is 0 Å². The Morgan fingerprint density at radius 1 is 1.08 bits per heavy atom. The van der Waals surface area contributed by atoms with Crippen LogP contribution in [-0.2, 0) is 6.42 Å². The van der Waals surface area contributed by atoms with Crippen LogP contribution in [0, 0.1) is 0 Å². The van der Waals surface area contributed by atoms with Crippen LogP contribution in [0.1, 0.15) is 29.7 Å². The summed E-state index contributed by atoms with van der Waals surface area (Å²) in [5, 5.41) is 4.46. The van der Waals surface area contributed by atoms with Crippen molar-refractivity contribution in [3.05, 3.63) is 58.9 Å². The molecule has 0 saturated carbocycles. The topological polar surface area (TPSA) is 29.9 Å². The first-order valence-corrected chi connectivity index (χ1v) is 8.56. The Hall–Kier alpha value is -2.29. The number of nitrogens with zero attached hydrogens (tertiary/aromatic N) is 3. The SMILES string of the molecule is C(=C1\CCCc2cnc3scn[n+]3c21)/c1ccccc1.F[B-](F)(F)F. The van der Waals surface area contributed by atoms with E-state index in [2.05, 4.69) is 40.4 Å². The van der Waals surface area contributed by atoms with E-state index in [1.807, 2.05) is 22.3 Å². The minimum atomic E-state index is -6.00. The van der Waals surface area contributed by atoms with Gasteiger partial charge in [0, 0.05) is 11.1 Å². The molecular formula is C16H14BF4N3S. The fourth-order valence-electron chi connectivity index (χ4n) is 2.79. The Morgan fingerprint density at radius 3 is 2.52 bits per heavy atom. The summed E-state index contributed by atoms with van der Waals surface area (Å²) in [6.07, 6.45) is 7.68. The molecule has 2 aromatic heterocycles. The van der Waals surface area contributed by atoms with Crippen LogP contribution in [0.15, 0.2) is 42.0 Å². The molecule has 130 valence electrons. The van der Waals surface area contributed by atoms with Gasteiger partial charge >= 0.3 is 12.2 Å². The minimum absolute atomic E-state index is 0.963. The average Bonchev–Trinajstić information content (AvgIpc) is 3.03. The van der Waals surface area contributed by atoms with Gasteiger partial charge in [0.15, 0.2) is 5.69 Å². The molecule has 1 aliphatic carbocycles. The number of aromatic nitrogens is 3. The zero-order chi connectivity index (χ0) is 17.9. The highest BCUT2D eigenvalue weighted by Crippen LogP contribution is 2.29. The molecule has 25 heavy (non-hydrogen) atoms. The summed E-state index contributed by atoms with van der Waals surface area (Å²) in [7, 11) is -6.00. The smallest absolute Gasteiger partial charge is 0.418 e. The van der Waals surface area contributed by atoms with E-state index in [9.17, 15) is 17.3 Å². The van der Waals surface area contributed by atoms with Crippen LogP contribution in [0.2, 0.25) is 0 Å². The normalized spacial score (nSPS) is 15.6. The first-order chi connectivity index (χ1) is 11.9. The number of hydrogen-bond acceptors (Lipinski definition) is 3. The van der Waals surface area contributed by atoms with E-state index in [0.29, 0.717) is 0 Å². The first-order valence-electron chi connectivity index (χ1n) is 7.68. The van der Waals surface area contributed by atoms with Crippen molar-refractivity contribution in [2.75, 3.05) is 0 Å². The van der Waals surface area contributed by atoms with Crippen LogP contribution in [-0.4, -0.2) is 17.3 Å². The zero-order valence-corrected chi connectivity index (χ0v) is 13.9. The van der Waals surface area contributed by atoms with Crippen molar-refractivity contribution in [2.24, 2.45) is 0 Å². The van der Waals surface area contributed by atoms with Crippen molar-refractivity contribution in [3.8, 4) is 0 Å². The van der Waals surface area contributed by atoms with Gasteiger partial charge in [-0.25, -0.2) is 0 Å². The zero-order valence-electron chi connectivity index (χ0n) is 13.1. The predicted octanol–water partition coefficient (Wildman–Crippen LogP) is 4.45. The van der Waals surface area contributed by atoms with Crippen LogP contribution >= 0.6 is 11.3 Å². The van der Waals surface area contributed by atoms with E-state index in [0.717, 1.165) is 17.8 Å². The van der Waals surface area contributed by atoms with Gasteiger partial charge in [0.25, 0.3) is 0 Å². The summed E-state index contributed by atoms with van der Waals surface area (Å²) < 4.78 is 41.0. The molecule has 0 spiro atoms. The van der Waals surface area contributed by atoms with Gasteiger partial charge < -0.3 is 17.3 Å². The quantitative estimate of drug-likeness (QED) is 0.361. The first kappa shape index (κ1) is 17.5. The van der Waals surface area contributed by atoms with Gasteiger partial charge in [-0.15, -0.1) is 0 Å². The molecule has 0 unspecified atom stereocenters. The summed E-state index contributed by atoms with van der Waals surface area (Å²) in [6.45, 7) is 0. The number of allylic oxidation sites excluding steroid dienone is 1. The van der Waals surface area contributed by atoms with Crippen molar-refractivity contribution in [1.82, 2.24) is 10.1 Å². The number of halogens is 4. The third-order valence-corrected chi connectivity index (χ3v) is 4.37. The number of rotatable bonds is 1. The Balaban J connectivity index is 0.000000324. The molecule has 0 N–H and O–H groups in total. The molecule has 0 saturated heterocycles. The molecule has 9 heteroatoms. The molecule has 0 aliphatic heterocycles. The average molecular weight is 367 g/mol. The van der Waals surface area contributed by atoms with Crippen LogP contribution < -0.4 is 4.52 Å². The van der Waals surface area contributed by atoms with Gasteiger partial charge in [-0.1, -0.05) is 39.9 Å². The summed E-state index contributed by atoms with van der Waals surface area (Å²) in [5.41, 5.74) is 7.02. The largest absolute Gasteiger partial charge is 0.673 e. The fraction of sp³-hybridized carbons (Fsp3) is 0.188. The highest BCUT2D eigenvalue weighted by molar-refractivity contribution is 7.14. The molecule has 1 aromatic carbocycles. The van der Waals surface area contributed by atoms with Gasteiger partial charge in [-0.3, -0.25) is 0 Å². The van der Waals surface area contributed by atoms with Gasteiger partial charge in [0.1, 0.15) is 11.7 Å². The van der Waals surface area contributed by atoms with Gasteiger partial charge in [-0.05, 0) is 47.2 Å². The van der Waals surface area contributed by atoms with Crippen LogP contribution in [0.4, 0.5) is 17.3 Å². The summed E-state index contributed by atoms with van der Waals surface area (Å²) in [4.78, 5) is 5.45. The molecule has 3 aromatic rings. The number of benzene rings is 1. The lowest BCUT2D eigenvalue weighted by Crippen LogP contribution is -2.32. The molecular weight excluding hydrogens is 353 g/mol. The van der Waals surface area contributed by atoms with E-state index in [-0.39, 0.29) is 0 Å². The maximum atomic E-state index is 9.75. The van der Waals surface area contributed by atoms with Gasteiger partial charge in [0.05, 0.1) is 0 Å². The molecule has 0 fully saturated rings. The Kier molecular flexibility index (Phi) is 5.12. The highest BCUT2D eigenvalue weighted by atomic mass is 32.1. The summed E-state index contributed by atoms with van der Waals surface area (Å²) in [6, 6.07) is 10.5. The lowest BCUT2D eigenvalue weighted by atomic mass is 9.91. The number of aryl methyl sites for hydroxylation is 1. The maximum Gasteiger partial charge on any atom is 0.673 e. The molecule has 0 atom stereocenters. The minimum Gasteiger partial charge on any atom is -0.418 e. The van der Waals surface area contributed by atoms with Crippen molar-refractivity contribution in [3.63, 3.8) is 0 Å². The van der Waals surface area contributed by atoms with Crippen molar-refractivity contribution >= 4 is 35.2 Å². The van der Waals surface area contributed by atoms with E-state index >= 15 is 0 Å². The molecule has 0 amide bonds. The second-order valence-corrected chi connectivity index (χ2v) is 6.31. The van der Waals surface area contributed by atoms with E-state index in [1.54, 1.807) is 11.3 Å². The third-order valence-electron chi connectivity index (χ3n) is 3.69. The van der Waals surface area contributed by atoms with Crippen molar-refractivity contribution < 1.29 is 21.8 Å². The lowest BCUT2D eigenvalue weighted by Gasteiger charge is -2.14. The lowest BCUT2D eigenvalue weighted by molar-refractivity contribution is -0.581. The fourth-order valence-corrected chi connectivity index (χ4v) is 3.38. The third kappa shape index (κ3) is 4.63. The summed E-state index contributed by atoms with van der Waals surface area (Å²) in [5.74, 6) is 0. The van der Waals surface area contributed by atoms with Crippen LogP contribution in [0.3, 0.4) is 0 Å². The van der Waals surface area contributed by atoms with E-state index in [4.69, 9.17) is 0 Å².